The van der Waals surface area contributed by atoms with Gasteiger partial charge < -0.3 is 10.4 Å². The first kappa shape index (κ1) is 15.4. The van der Waals surface area contributed by atoms with Gasteiger partial charge in [-0.3, -0.25) is 0 Å². The summed E-state index contributed by atoms with van der Waals surface area (Å²) in [6, 6.07) is 15.6. The highest BCUT2D eigenvalue weighted by Gasteiger charge is 2.23. The van der Waals surface area contributed by atoms with Crippen LogP contribution in [0, 0.1) is 0 Å². The van der Waals surface area contributed by atoms with Crippen LogP contribution in [0.2, 0.25) is 5.02 Å². The van der Waals surface area contributed by atoms with Crippen LogP contribution in [0.15, 0.2) is 53.0 Å². The number of nitrogens with one attached hydrogen (secondary N) is 1. The lowest BCUT2D eigenvalue weighted by molar-refractivity contribution is 0.222. The Labute approximate surface area is 132 Å². The van der Waals surface area contributed by atoms with Crippen molar-refractivity contribution in [3.63, 3.8) is 0 Å². The molecule has 2 aromatic carbocycles. The van der Waals surface area contributed by atoms with E-state index in [2.05, 4.69) is 33.4 Å². The second-order valence-electron chi connectivity index (χ2n) is 5.16. The van der Waals surface area contributed by atoms with E-state index >= 15 is 0 Å². The van der Waals surface area contributed by atoms with Gasteiger partial charge in [0.1, 0.15) is 0 Å². The zero-order valence-corrected chi connectivity index (χ0v) is 13.6. The summed E-state index contributed by atoms with van der Waals surface area (Å²) in [5.74, 6) is 0. The maximum Gasteiger partial charge on any atom is 0.0662 e. The molecule has 2 rings (SSSR count). The smallest absolute Gasteiger partial charge is 0.0662 e. The van der Waals surface area contributed by atoms with Crippen molar-refractivity contribution in [1.29, 1.82) is 0 Å². The van der Waals surface area contributed by atoms with Crippen LogP contribution in [0.25, 0.3) is 0 Å². The largest absolute Gasteiger partial charge is 0.394 e. The Hall–Kier alpha value is -1.03. The lowest BCUT2D eigenvalue weighted by Gasteiger charge is -2.30. The van der Waals surface area contributed by atoms with E-state index in [1.165, 1.54) is 5.56 Å². The van der Waals surface area contributed by atoms with Gasteiger partial charge in [0.25, 0.3) is 0 Å². The molecule has 0 saturated heterocycles. The summed E-state index contributed by atoms with van der Waals surface area (Å²) in [5.41, 5.74) is 1.64. The molecule has 0 heterocycles. The Morgan fingerprint density at radius 1 is 1.20 bits per heavy atom. The summed E-state index contributed by atoms with van der Waals surface area (Å²) >= 11 is 9.41. The monoisotopic (exact) mass is 353 g/mol. The van der Waals surface area contributed by atoms with Crippen LogP contribution in [0.4, 0.5) is 5.69 Å². The Bertz CT molecular complexity index is 573. The first-order chi connectivity index (χ1) is 9.50. The van der Waals surface area contributed by atoms with Crippen LogP contribution in [-0.4, -0.2) is 17.3 Å². The summed E-state index contributed by atoms with van der Waals surface area (Å²) in [7, 11) is 0. The van der Waals surface area contributed by atoms with E-state index in [9.17, 15) is 5.11 Å². The van der Waals surface area contributed by atoms with E-state index in [-0.39, 0.29) is 6.61 Å². The summed E-state index contributed by atoms with van der Waals surface area (Å²) in [6.45, 7) is 2.03. The third-order valence-corrected chi connectivity index (χ3v) is 3.89. The number of rotatable bonds is 5. The average Bonchev–Trinajstić information content (AvgIpc) is 2.41. The summed E-state index contributed by atoms with van der Waals surface area (Å²) in [4.78, 5) is 0. The molecule has 2 aromatic rings. The second kappa shape index (κ2) is 6.61. The van der Waals surface area contributed by atoms with Crippen LogP contribution >= 0.6 is 27.5 Å². The fourth-order valence-corrected chi connectivity index (χ4v) is 2.56. The van der Waals surface area contributed by atoms with Gasteiger partial charge in [-0.25, -0.2) is 0 Å². The van der Waals surface area contributed by atoms with Gasteiger partial charge >= 0.3 is 0 Å². The topological polar surface area (TPSA) is 32.3 Å². The molecule has 0 aliphatic heterocycles. The molecule has 20 heavy (non-hydrogen) atoms. The van der Waals surface area contributed by atoms with Gasteiger partial charge in [0.05, 0.1) is 12.1 Å². The third-order valence-electron chi connectivity index (χ3n) is 3.13. The van der Waals surface area contributed by atoms with Crippen molar-refractivity contribution in [3.8, 4) is 0 Å². The Balaban J connectivity index is 2.14. The number of aliphatic hydroxyl groups excluding tert-OH is 1. The molecule has 1 unspecified atom stereocenters. The molecule has 0 radical (unpaired) electrons. The van der Waals surface area contributed by atoms with Gasteiger partial charge in [-0.15, -0.1) is 0 Å². The molecule has 0 amide bonds. The molecule has 106 valence electrons. The van der Waals surface area contributed by atoms with Crippen molar-refractivity contribution in [1.82, 2.24) is 0 Å². The van der Waals surface area contributed by atoms with E-state index < -0.39 is 5.54 Å². The van der Waals surface area contributed by atoms with Crippen LogP contribution in [0.1, 0.15) is 12.5 Å². The third kappa shape index (κ3) is 4.23. The highest BCUT2D eigenvalue weighted by atomic mass is 79.9. The predicted octanol–water partition coefficient (Wildman–Crippen LogP) is 4.51. The maximum absolute atomic E-state index is 9.73. The Morgan fingerprint density at radius 3 is 2.50 bits per heavy atom. The molecule has 0 aliphatic carbocycles. The van der Waals surface area contributed by atoms with Crippen LogP contribution < -0.4 is 5.32 Å². The minimum atomic E-state index is -0.432. The molecule has 0 spiro atoms. The maximum atomic E-state index is 9.73. The van der Waals surface area contributed by atoms with Crippen molar-refractivity contribution < 1.29 is 5.11 Å². The minimum Gasteiger partial charge on any atom is -0.394 e. The zero-order valence-electron chi connectivity index (χ0n) is 11.2. The molecule has 2 N–H and O–H groups in total. The van der Waals surface area contributed by atoms with Gasteiger partial charge in [0.2, 0.25) is 0 Å². The van der Waals surface area contributed by atoms with Crippen molar-refractivity contribution >= 4 is 33.2 Å². The van der Waals surface area contributed by atoms with E-state index in [0.29, 0.717) is 5.02 Å². The molecule has 0 saturated carbocycles. The van der Waals surface area contributed by atoms with E-state index in [4.69, 9.17) is 11.6 Å². The lowest BCUT2D eigenvalue weighted by atomic mass is 9.93. The lowest BCUT2D eigenvalue weighted by Crippen LogP contribution is -2.41. The molecular weight excluding hydrogens is 338 g/mol. The number of hydrogen-bond acceptors (Lipinski definition) is 2. The van der Waals surface area contributed by atoms with E-state index in [1.807, 2.05) is 43.3 Å². The molecule has 1 atom stereocenters. The van der Waals surface area contributed by atoms with Crippen LogP contribution in [-0.2, 0) is 6.42 Å². The van der Waals surface area contributed by atoms with Crippen molar-refractivity contribution in [2.24, 2.45) is 0 Å². The molecule has 2 nitrogen and oxygen atoms in total. The Kier molecular flexibility index (Phi) is 5.08. The summed E-state index contributed by atoms with van der Waals surface area (Å²) in [6.07, 6.45) is 0.725. The van der Waals surface area contributed by atoms with Gasteiger partial charge in [-0.1, -0.05) is 45.7 Å². The van der Waals surface area contributed by atoms with Crippen LogP contribution in [0.3, 0.4) is 0 Å². The van der Waals surface area contributed by atoms with Crippen molar-refractivity contribution in [2.45, 2.75) is 18.9 Å². The summed E-state index contributed by atoms with van der Waals surface area (Å²) in [5, 5.41) is 13.8. The standard InChI is InChI=1S/C16H17BrClNO/c1-16(11-20,10-12-5-7-13(17)8-6-12)19-15-4-2-3-14(18)9-15/h2-9,19-20H,10-11H2,1H3. The highest BCUT2D eigenvalue weighted by Crippen LogP contribution is 2.23. The van der Waals surface area contributed by atoms with Crippen molar-refractivity contribution in [3.05, 3.63) is 63.6 Å². The predicted molar refractivity (Wildman–Crippen MR) is 88.4 cm³/mol. The molecule has 0 aliphatic rings. The average molecular weight is 355 g/mol. The molecule has 4 heteroatoms. The quantitative estimate of drug-likeness (QED) is 0.828. The zero-order chi connectivity index (χ0) is 14.6. The van der Waals surface area contributed by atoms with Crippen LogP contribution in [0.5, 0.6) is 0 Å². The molecule has 0 aromatic heterocycles. The number of hydrogen-bond donors (Lipinski definition) is 2. The molecule has 0 bridgehead atoms. The number of benzene rings is 2. The SMILES string of the molecule is CC(CO)(Cc1ccc(Br)cc1)Nc1cccc(Cl)c1. The fourth-order valence-electron chi connectivity index (χ4n) is 2.11. The highest BCUT2D eigenvalue weighted by molar-refractivity contribution is 9.10. The number of anilines is 1. The molecular formula is C16H17BrClNO. The fraction of sp³-hybridized carbons (Fsp3) is 0.250. The summed E-state index contributed by atoms with van der Waals surface area (Å²) < 4.78 is 1.05. The van der Waals surface area contributed by atoms with E-state index in [0.717, 1.165) is 16.6 Å². The first-order valence-electron chi connectivity index (χ1n) is 6.40. The first-order valence-corrected chi connectivity index (χ1v) is 7.57. The molecule has 0 fully saturated rings. The van der Waals surface area contributed by atoms with Gasteiger partial charge in [-0.05, 0) is 49.2 Å². The van der Waals surface area contributed by atoms with Gasteiger partial charge in [0.15, 0.2) is 0 Å². The minimum absolute atomic E-state index is 0.0373. The van der Waals surface area contributed by atoms with E-state index in [1.54, 1.807) is 0 Å². The second-order valence-corrected chi connectivity index (χ2v) is 6.51. The van der Waals surface area contributed by atoms with Gasteiger partial charge in [-0.2, -0.15) is 0 Å². The normalized spacial score (nSPS) is 13.8. The number of aliphatic hydroxyl groups is 1. The van der Waals surface area contributed by atoms with Gasteiger partial charge in [0, 0.05) is 15.2 Å². The Morgan fingerprint density at radius 2 is 1.90 bits per heavy atom. The number of halogens is 2. The van der Waals surface area contributed by atoms with Crippen molar-refractivity contribution in [2.75, 3.05) is 11.9 Å².